The zero-order chi connectivity index (χ0) is 17.1. The molecule has 0 saturated carbocycles. The fraction of sp³-hybridized carbons (Fsp3) is 0.130. The van der Waals surface area contributed by atoms with Crippen molar-refractivity contribution in [3.63, 3.8) is 0 Å². The minimum Gasteiger partial charge on any atom is -0.366 e. The molecule has 1 aliphatic heterocycles. The highest BCUT2D eigenvalue weighted by atomic mass is 15.2. The van der Waals surface area contributed by atoms with E-state index in [1.807, 2.05) is 0 Å². The second-order valence-electron chi connectivity index (χ2n) is 6.49. The Hall–Kier alpha value is -2.84. The van der Waals surface area contributed by atoms with Crippen LogP contribution < -0.4 is 10.6 Å². The van der Waals surface area contributed by atoms with E-state index in [0.717, 1.165) is 0 Å². The van der Waals surface area contributed by atoms with Crippen LogP contribution >= 0.6 is 0 Å². The van der Waals surface area contributed by atoms with E-state index in [2.05, 4.69) is 109 Å². The second kappa shape index (κ2) is 6.96. The van der Waals surface area contributed by atoms with E-state index >= 15 is 0 Å². The van der Waals surface area contributed by atoms with Gasteiger partial charge in [0, 0.05) is 5.70 Å². The van der Waals surface area contributed by atoms with Gasteiger partial charge in [-0.05, 0) is 29.7 Å². The van der Waals surface area contributed by atoms with Crippen LogP contribution in [0.5, 0.6) is 0 Å². The first-order chi connectivity index (χ1) is 12.3. The highest BCUT2D eigenvalue weighted by molar-refractivity contribution is 5.66. The van der Waals surface area contributed by atoms with Gasteiger partial charge in [0.2, 0.25) is 0 Å². The number of hydrogen-bond donors (Lipinski definition) is 2. The molecule has 0 amide bonds. The number of hydrogen-bond acceptors (Lipinski definition) is 2. The molecule has 3 aromatic rings. The molecule has 25 heavy (non-hydrogen) atoms. The van der Waals surface area contributed by atoms with Gasteiger partial charge in [-0.1, -0.05) is 90.5 Å². The summed E-state index contributed by atoms with van der Waals surface area (Å²) < 4.78 is 0. The number of rotatable bonds is 3. The lowest BCUT2D eigenvalue weighted by molar-refractivity contribution is 0.442. The number of benzene rings is 3. The Kier molecular flexibility index (Phi) is 4.36. The zero-order valence-electron chi connectivity index (χ0n) is 14.3. The second-order valence-corrected chi connectivity index (χ2v) is 6.49. The molecular formula is C23H22N2. The van der Waals surface area contributed by atoms with Crippen molar-refractivity contribution < 1.29 is 0 Å². The fourth-order valence-corrected chi connectivity index (χ4v) is 3.23. The monoisotopic (exact) mass is 326 g/mol. The Morgan fingerprint density at radius 2 is 1.32 bits per heavy atom. The smallest absolute Gasteiger partial charge is 0.104 e. The molecule has 1 heterocycles. The van der Waals surface area contributed by atoms with Gasteiger partial charge in [-0.2, -0.15) is 0 Å². The Balaban J connectivity index is 1.72. The van der Waals surface area contributed by atoms with Gasteiger partial charge in [0.15, 0.2) is 0 Å². The van der Waals surface area contributed by atoms with Gasteiger partial charge in [-0.15, -0.1) is 0 Å². The summed E-state index contributed by atoms with van der Waals surface area (Å²) in [5.74, 6) is 0. The summed E-state index contributed by atoms with van der Waals surface area (Å²) in [6.45, 7) is 2.12. The van der Waals surface area contributed by atoms with Crippen molar-refractivity contribution in [2.45, 2.75) is 19.1 Å². The van der Waals surface area contributed by atoms with Crippen LogP contribution in [-0.4, -0.2) is 0 Å². The molecule has 2 nitrogen and oxygen atoms in total. The Bertz CT molecular complexity index is 852. The third kappa shape index (κ3) is 3.49. The largest absolute Gasteiger partial charge is 0.366 e. The van der Waals surface area contributed by atoms with E-state index in [0.29, 0.717) is 0 Å². The molecule has 0 aliphatic carbocycles. The summed E-state index contributed by atoms with van der Waals surface area (Å²) in [6.07, 6.45) is 2.35. The summed E-state index contributed by atoms with van der Waals surface area (Å²) in [4.78, 5) is 0. The van der Waals surface area contributed by atoms with Crippen molar-refractivity contribution in [1.29, 1.82) is 0 Å². The van der Waals surface area contributed by atoms with Crippen LogP contribution in [-0.2, 0) is 0 Å². The first-order valence-electron chi connectivity index (χ1n) is 8.71. The van der Waals surface area contributed by atoms with Gasteiger partial charge in [0.25, 0.3) is 0 Å². The van der Waals surface area contributed by atoms with Crippen molar-refractivity contribution in [2.75, 3.05) is 0 Å². The minimum absolute atomic E-state index is 0.0766. The van der Waals surface area contributed by atoms with Gasteiger partial charge in [0.05, 0.1) is 6.04 Å². The Labute approximate surface area is 149 Å². The van der Waals surface area contributed by atoms with Crippen molar-refractivity contribution >= 4 is 5.70 Å². The molecule has 2 N–H and O–H groups in total. The van der Waals surface area contributed by atoms with Crippen molar-refractivity contribution in [1.82, 2.24) is 10.6 Å². The average molecular weight is 326 g/mol. The van der Waals surface area contributed by atoms with Crippen LogP contribution in [0.15, 0.2) is 91.0 Å². The number of nitrogens with one attached hydrogen (secondary N) is 2. The third-order valence-corrected chi connectivity index (χ3v) is 4.63. The molecular weight excluding hydrogens is 304 g/mol. The molecule has 4 rings (SSSR count). The van der Waals surface area contributed by atoms with Crippen LogP contribution in [0.2, 0.25) is 0 Å². The predicted octanol–water partition coefficient (Wildman–Crippen LogP) is 4.97. The predicted molar refractivity (Wildman–Crippen MR) is 104 cm³/mol. The molecule has 0 aromatic heterocycles. The SMILES string of the molecule is Cc1ccc(C2C=C(c3ccccc3)NC(c3ccccc3)N2)cc1. The van der Waals surface area contributed by atoms with Crippen molar-refractivity contribution in [3.05, 3.63) is 113 Å². The van der Waals surface area contributed by atoms with Gasteiger partial charge >= 0.3 is 0 Å². The van der Waals surface area contributed by atoms with Crippen LogP contribution in [0.3, 0.4) is 0 Å². The summed E-state index contributed by atoms with van der Waals surface area (Å²) in [5, 5.41) is 7.36. The number of aryl methyl sites for hydroxylation is 1. The highest BCUT2D eigenvalue weighted by Gasteiger charge is 2.23. The van der Waals surface area contributed by atoms with Crippen molar-refractivity contribution in [2.24, 2.45) is 0 Å². The molecule has 0 fully saturated rings. The summed E-state index contributed by atoms with van der Waals surface area (Å²) in [5.41, 5.74) is 6.17. The van der Waals surface area contributed by atoms with E-state index in [1.54, 1.807) is 0 Å². The molecule has 2 heteroatoms. The molecule has 3 aromatic carbocycles. The lowest BCUT2D eigenvalue weighted by Crippen LogP contribution is -2.39. The minimum atomic E-state index is 0.0766. The van der Waals surface area contributed by atoms with Gasteiger partial charge in [-0.3, -0.25) is 5.32 Å². The zero-order valence-corrected chi connectivity index (χ0v) is 14.3. The quantitative estimate of drug-likeness (QED) is 0.710. The first-order valence-corrected chi connectivity index (χ1v) is 8.71. The Morgan fingerprint density at radius 1 is 0.680 bits per heavy atom. The van der Waals surface area contributed by atoms with Gasteiger partial charge in [0.1, 0.15) is 6.17 Å². The van der Waals surface area contributed by atoms with E-state index in [-0.39, 0.29) is 12.2 Å². The first kappa shape index (κ1) is 15.7. The summed E-state index contributed by atoms with van der Waals surface area (Å²) >= 11 is 0. The maximum Gasteiger partial charge on any atom is 0.104 e. The fourth-order valence-electron chi connectivity index (χ4n) is 3.23. The van der Waals surface area contributed by atoms with E-state index in [1.165, 1.54) is 28.0 Å². The lowest BCUT2D eigenvalue weighted by atomic mass is 9.98. The summed E-state index contributed by atoms with van der Waals surface area (Å²) in [6, 6.07) is 30.0. The lowest BCUT2D eigenvalue weighted by Gasteiger charge is -2.33. The third-order valence-electron chi connectivity index (χ3n) is 4.63. The molecule has 2 atom stereocenters. The van der Waals surface area contributed by atoms with Gasteiger partial charge in [-0.25, -0.2) is 0 Å². The Morgan fingerprint density at radius 3 is 2.00 bits per heavy atom. The van der Waals surface area contributed by atoms with Crippen LogP contribution in [0.4, 0.5) is 0 Å². The molecule has 0 bridgehead atoms. The van der Waals surface area contributed by atoms with Gasteiger partial charge < -0.3 is 5.32 Å². The molecule has 0 spiro atoms. The summed E-state index contributed by atoms with van der Waals surface area (Å²) in [7, 11) is 0. The standard InChI is InChI=1S/C23H22N2/c1-17-12-14-19(15-13-17)22-16-21(18-8-4-2-5-9-18)24-23(25-22)20-10-6-3-7-11-20/h2-16,22-25H,1H3. The van der Waals surface area contributed by atoms with E-state index in [4.69, 9.17) is 0 Å². The van der Waals surface area contributed by atoms with Crippen molar-refractivity contribution in [3.8, 4) is 0 Å². The normalized spacial score (nSPS) is 19.8. The van der Waals surface area contributed by atoms with Crippen LogP contribution in [0, 0.1) is 6.92 Å². The molecule has 0 radical (unpaired) electrons. The average Bonchev–Trinajstić information content (AvgIpc) is 2.69. The van der Waals surface area contributed by atoms with E-state index < -0.39 is 0 Å². The molecule has 1 aliphatic rings. The van der Waals surface area contributed by atoms with Crippen LogP contribution in [0.1, 0.15) is 34.5 Å². The molecule has 124 valence electrons. The highest BCUT2D eigenvalue weighted by Crippen LogP contribution is 2.29. The molecule has 2 unspecified atom stereocenters. The topological polar surface area (TPSA) is 24.1 Å². The van der Waals surface area contributed by atoms with E-state index in [9.17, 15) is 0 Å². The molecule has 0 saturated heterocycles. The van der Waals surface area contributed by atoms with Crippen LogP contribution in [0.25, 0.3) is 5.70 Å². The maximum atomic E-state index is 3.72. The maximum absolute atomic E-state index is 3.72.